The average molecular weight is 242 g/mol. The Morgan fingerprint density at radius 3 is 2.56 bits per heavy atom. The van der Waals surface area contributed by atoms with Crippen LogP contribution in [0, 0.1) is 0 Å². The smallest absolute Gasteiger partial charge is 0.201 e. The zero-order valence-corrected chi connectivity index (χ0v) is 9.87. The normalized spacial score (nSPS) is 16.0. The standard InChI is InChI=1S/C14H14N2O2/c15-12-3-1-2-10(8-12)11-4-5-13(16-9-11)14-17-6-7-18-14/h1-5,8-9,14H,6-7,15H2. The minimum atomic E-state index is -0.320. The summed E-state index contributed by atoms with van der Waals surface area (Å²) in [6.45, 7) is 1.26. The highest BCUT2D eigenvalue weighted by atomic mass is 16.7. The summed E-state index contributed by atoms with van der Waals surface area (Å²) in [6.07, 6.45) is 1.50. The van der Waals surface area contributed by atoms with Gasteiger partial charge in [0.25, 0.3) is 0 Å². The van der Waals surface area contributed by atoms with Crippen molar-refractivity contribution < 1.29 is 9.47 Å². The summed E-state index contributed by atoms with van der Waals surface area (Å²) in [5.74, 6) is 0. The molecule has 1 saturated heterocycles. The van der Waals surface area contributed by atoms with Crippen molar-refractivity contribution in [3.63, 3.8) is 0 Å². The first-order valence-electron chi connectivity index (χ1n) is 5.88. The lowest BCUT2D eigenvalue weighted by molar-refractivity contribution is -0.0472. The molecule has 4 nitrogen and oxygen atoms in total. The van der Waals surface area contributed by atoms with Gasteiger partial charge in [-0.05, 0) is 23.8 Å². The van der Waals surface area contributed by atoms with E-state index in [2.05, 4.69) is 4.98 Å². The Bertz CT molecular complexity index is 534. The Balaban J connectivity index is 1.86. The largest absolute Gasteiger partial charge is 0.399 e. The van der Waals surface area contributed by atoms with Crippen molar-refractivity contribution >= 4 is 5.69 Å². The van der Waals surface area contributed by atoms with E-state index in [1.165, 1.54) is 0 Å². The van der Waals surface area contributed by atoms with Gasteiger partial charge in [-0.3, -0.25) is 4.98 Å². The molecule has 0 aliphatic carbocycles. The number of nitrogens with zero attached hydrogens (tertiary/aromatic N) is 1. The van der Waals surface area contributed by atoms with Gasteiger partial charge in [-0.25, -0.2) is 0 Å². The van der Waals surface area contributed by atoms with Crippen LogP contribution in [-0.2, 0) is 9.47 Å². The van der Waals surface area contributed by atoms with E-state index in [0.29, 0.717) is 13.2 Å². The van der Waals surface area contributed by atoms with Crippen molar-refractivity contribution in [3.05, 3.63) is 48.3 Å². The van der Waals surface area contributed by atoms with Crippen LogP contribution in [0.1, 0.15) is 12.0 Å². The minimum Gasteiger partial charge on any atom is -0.399 e. The lowest BCUT2D eigenvalue weighted by Crippen LogP contribution is -2.00. The van der Waals surface area contributed by atoms with Gasteiger partial charge < -0.3 is 15.2 Å². The first-order valence-corrected chi connectivity index (χ1v) is 5.88. The van der Waals surface area contributed by atoms with E-state index in [0.717, 1.165) is 22.5 Å². The predicted molar refractivity (Wildman–Crippen MR) is 68.7 cm³/mol. The lowest BCUT2D eigenvalue weighted by atomic mass is 10.1. The number of benzene rings is 1. The molecule has 0 amide bonds. The third kappa shape index (κ3) is 2.20. The van der Waals surface area contributed by atoms with E-state index in [-0.39, 0.29) is 6.29 Å². The molecule has 92 valence electrons. The topological polar surface area (TPSA) is 57.4 Å². The van der Waals surface area contributed by atoms with Gasteiger partial charge in [-0.2, -0.15) is 0 Å². The van der Waals surface area contributed by atoms with Crippen LogP contribution < -0.4 is 5.73 Å². The van der Waals surface area contributed by atoms with Crippen molar-refractivity contribution in [1.82, 2.24) is 4.98 Å². The molecule has 1 aliphatic heterocycles. The Kier molecular flexibility index (Phi) is 2.96. The molecule has 18 heavy (non-hydrogen) atoms. The predicted octanol–water partition coefficient (Wildman–Crippen LogP) is 2.38. The molecule has 2 aromatic rings. The van der Waals surface area contributed by atoms with Gasteiger partial charge in [-0.1, -0.05) is 18.2 Å². The summed E-state index contributed by atoms with van der Waals surface area (Å²) in [4.78, 5) is 4.38. The third-order valence-electron chi connectivity index (χ3n) is 2.87. The number of hydrogen-bond acceptors (Lipinski definition) is 4. The van der Waals surface area contributed by atoms with Gasteiger partial charge in [-0.15, -0.1) is 0 Å². The molecule has 1 fully saturated rings. The molecular formula is C14H14N2O2. The van der Waals surface area contributed by atoms with Crippen molar-refractivity contribution in [2.45, 2.75) is 6.29 Å². The number of hydrogen-bond donors (Lipinski definition) is 1. The lowest BCUT2D eigenvalue weighted by Gasteiger charge is -2.09. The SMILES string of the molecule is Nc1cccc(-c2ccc(C3OCCO3)nc2)c1. The van der Waals surface area contributed by atoms with Crippen molar-refractivity contribution in [2.24, 2.45) is 0 Å². The number of aromatic nitrogens is 1. The van der Waals surface area contributed by atoms with E-state index < -0.39 is 0 Å². The van der Waals surface area contributed by atoms with Crippen molar-refractivity contribution in [2.75, 3.05) is 18.9 Å². The molecule has 2 heterocycles. The molecule has 1 aromatic heterocycles. The van der Waals surface area contributed by atoms with Gasteiger partial charge >= 0.3 is 0 Å². The number of ether oxygens (including phenoxy) is 2. The molecule has 1 aliphatic rings. The highest BCUT2D eigenvalue weighted by molar-refractivity contribution is 5.66. The number of anilines is 1. The average Bonchev–Trinajstić information content (AvgIpc) is 2.93. The molecule has 0 atom stereocenters. The number of pyridine rings is 1. The van der Waals surface area contributed by atoms with Gasteiger partial charge in [0.2, 0.25) is 6.29 Å². The molecule has 0 unspecified atom stereocenters. The van der Waals surface area contributed by atoms with Crippen molar-refractivity contribution in [1.29, 1.82) is 0 Å². The maximum absolute atomic E-state index is 5.76. The fourth-order valence-electron chi connectivity index (χ4n) is 1.96. The quantitative estimate of drug-likeness (QED) is 0.821. The fraction of sp³-hybridized carbons (Fsp3) is 0.214. The van der Waals surface area contributed by atoms with E-state index in [9.17, 15) is 0 Å². The summed E-state index contributed by atoms with van der Waals surface area (Å²) in [6, 6.07) is 11.7. The van der Waals surface area contributed by atoms with Crippen LogP contribution in [0.4, 0.5) is 5.69 Å². The van der Waals surface area contributed by atoms with Crippen LogP contribution in [0.3, 0.4) is 0 Å². The van der Waals surface area contributed by atoms with Crippen LogP contribution in [0.5, 0.6) is 0 Å². The van der Waals surface area contributed by atoms with Gasteiger partial charge in [0.1, 0.15) is 0 Å². The molecule has 2 N–H and O–H groups in total. The van der Waals surface area contributed by atoms with E-state index in [1.54, 1.807) is 0 Å². The monoisotopic (exact) mass is 242 g/mol. The van der Waals surface area contributed by atoms with Gasteiger partial charge in [0, 0.05) is 17.4 Å². The Morgan fingerprint density at radius 1 is 1.06 bits per heavy atom. The Morgan fingerprint density at radius 2 is 1.89 bits per heavy atom. The molecule has 4 heteroatoms. The van der Waals surface area contributed by atoms with Crippen LogP contribution in [0.2, 0.25) is 0 Å². The fourth-order valence-corrected chi connectivity index (χ4v) is 1.96. The first-order chi connectivity index (χ1) is 8.83. The second-order valence-corrected chi connectivity index (χ2v) is 4.17. The highest BCUT2D eigenvalue weighted by Gasteiger charge is 2.19. The Labute approximate surface area is 105 Å². The summed E-state index contributed by atoms with van der Waals surface area (Å²) in [5.41, 5.74) is 9.41. The first kappa shape index (κ1) is 11.2. The molecule has 0 spiro atoms. The molecule has 3 rings (SSSR count). The Hall–Kier alpha value is -1.91. The molecule has 0 radical (unpaired) electrons. The molecule has 0 saturated carbocycles. The minimum absolute atomic E-state index is 0.320. The number of nitrogen functional groups attached to an aromatic ring is 1. The van der Waals surface area contributed by atoms with E-state index >= 15 is 0 Å². The zero-order valence-electron chi connectivity index (χ0n) is 9.87. The molecular weight excluding hydrogens is 228 g/mol. The van der Waals surface area contributed by atoms with Crippen LogP contribution in [-0.4, -0.2) is 18.2 Å². The van der Waals surface area contributed by atoms with Crippen LogP contribution in [0.15, 0.2) is 42.6 Å². The molecule has 1 aromatic carbocycles. The van der Waals surface area contributed by atoms with Crippen LogP contribution in [0.25, 0.3) is 11.1 Å². The summed E-state index contributed by atoms with van der Waals surface area (Å²) in [7, 11) is 0. The number of nitrogens with two attached hydrogens (primary N) is 1. The van der Waals surface area contributed by atoms with Gasteiger partial charge in [0.05, 0.1) is 18.9 Å². The maximum atomic E-state index is 5.76. The van der Waals surface area contributed by atoms with Gasteiger partial charge in [0.15, 0.2) is 0 Å². The van der Waals surface area contributed by atoms with Crippen molar-refractivity contribution in [3.8, 4) is 11.1 Å². The summed E-state index contributed by atoms with van der Waals surface area (Å²) in [5, 5.41) is 0. The van der Waals surface area contributed by atoms with E-state index in [4.69, 9.17) is 15.2 Å². The zero-order chi connectivity index (χ0) is 12.4. The van der Waals surface area contributed by atoms with E-state index in [1.807, 2.05) is 42.6 Å². The second kappa shape index (κ2) is 4.76. The number of rotatable bonds is 2. The third-order valence-corrected chi connectivity index (χ3v) is 2.87. The molecule has 0 bridgehead atoms. The highest BCUT2D eigenvalue weighted by Crippen LogP contribution is 2.25. The maximum Gasteiger partial charge on any atom is 0.201 e. The van der Waals surface area contributed by atoms with Crippen LogP contribution >= 0.6 is 0 Å². The second-order valence-electron chi connectivity index (χ2n) is 4.17. The summed E-state index contributed by atoms with van der Waals surface area (Å²) < 4.78 is 10.8. The summed E-state index contributed by atoms with van der Waals surface area (Å²) >= 11 is 0.